The van der Waals surface area contributed by atoms with E-state index in [1.54, 1.807) is 0 Å². The summed E-state index contributed by atoms with van der Waals surface area (Å²) >= 11 is 0. The molecule has 1 aliphatic rings. The Balaban J connectivity index is 2.06. The van der Waals surface area contributed by atoms with E-state index in [9.17, 15) is 19.2 Å². The van der Waals surface area contributed by atoms with Crippen LogP contribution >= 0.6 is 0 Å². The van der Waals surface area contributed by atoms with Crippen LogP contribution in [0.4, 0.5) is 5.69 Å². The second-order valence-electron chi connectivity index (χ2n) is 5.76. The van der Waals surface area contributed by atoms with E-state index in [0.29, 0.717) is 0 Å². The highest BCUT2D eigenvalue weighted by Crippen LogP contribution is 2.38. The van der Waals surface area contributed by atoms with Crippen molar-refractivity contribution in [1.29, 1.82) is 0 Å². The number of benzene rings is 1. The van der Waals surface area contributed by atoms with Gasteiger partial charge < -0.3 is 19.5 Å². The van der Waals surface area contributed by atoms with Gasteiger partial charge in [0.2, 0.25) is 0 Å². The molecule has 0 aliphatic heterocycles. The van der Waals surface area contributed by atoms with E-state index in [4.69, 9.17) is 4.74 Å². The summed E-state index contributed by atoms with van der Waals surface area (Å²) in [6.07, 6.45) is 0.768. The summed E-state index contributed by atoms with van der Waals surface area (Å²) in [5.41, 5.74) is 0.332. The normalized spacial score (nSPS) is 18.0. The molecule has 1 aliphatic carbocycles. The van der Waals surface area contributed by atoms with Crippen LogP contribution in [0.25, 0.3) is 0 Å². The third kappa shape index (κ3) is 4.79. The third-order valence-corrected chi connectivity index (χ3v) is 3.82. The molecule has 1 aromatic carbocycles. The lowest BCUT2D eigenvalue weighted by Gasteiger charge is -2.10. The fourth-order valence-corrected chi connectivity index (χ4v) is 2.26. The predicted molar refractivity (Wildman–Crippen MR) is 86.0 cm³/mol. The fourth-order valence-electron chi connectivity index (χ4n) is 2.26. The lowest BCUT2D eigenvalue weighted by molar-refractivity contribution is -0.148. The Labute approximate surface area is 144 Å². The summed E-state index contributed by atoms with van der Waals surface area (Å²) < 4.78 is 14.2. The number of ether oxygens (including phenoxy) is 3. The van der Waals surface area contributed by atoms with Crippen molar-refractivity contribution in [3.05, 3.63) is 29.3 Å². The number of amides is 1. The van der Waals surface area contributed by atoms with Crippen LogP contribution in [0.3, 0.4) is 0 Å². The molecule has 8 nitrogen and oxygen atoms in total. The first-order valence-electron chi connectivity index (χ1n) is 7.64. The summed E-state index contributed by atoms with van der Waals surface area (Å²) in [6, 6.07) is 3.99. The van der Waals surface area contributed by atoms with Gasteiger partial charge in [-0.15, -0.1) is 0 Å². The van der Waals surface area contributed by atoms with Crippen molar-refractivity contribution in [3.63, 3.8) is 0 Å². The molecule has 0 unspecified atom stereocenters. The topological polar surface area (TPSA) is 108 Å². The maximum atomic E-state index is 11.9. The fraction of sp³-hybridized carbons (Fsp3) is 0.412. The van der Waals surface area contributed by atoms with Gasteiger partial charge in [0.1, 0.15) is 0 Å². The first-order chi connectivity index (χ1) is 11.8. The van der Waals surface area contributed by atoms with Crippen molar-refractivity contribution in [1.82, 2.24) is 0 Å². The number of carbonyl (C=O) groups excluding carboxylic acids is 4. The van der Waals surface area contributed by atoms with Crippen molar-refractivity contribution in [3.8, 4) is 0 Å². The van der Waals surface area contributed by atoms with Crippen molar-refractivity contribution >= 4 is 29.5 Å². The molecule has 2 rings (SSSR count). The summed E-state index contributed by atoms with van der Waals surface area (Å²) in [5, 5.41) is 2.47. The van der Waals surface area contributed by atoms with Crippen LogP contribution in [-0.2, 0) is 23.8 Å². The Morgan fingerprint density at radius 3 is 2.00 bits per heavy atom. The van der Waals surface area contributed by atoms with Crippen LogP contribution in [-0.4, -0.2) is 44.6 Å². The standard InChI is InChI=1S/C17H19NO7/c1-9-4-13(9)17(22)25-8-14(19)18-12-6-10(15(20)23-2)5-11(7-12)16(21)24-3/h5-7,9,13H,4,8H2,1-3H3,(H,18,19)/t9-,13+/m1/s1. The number of hydrogen-bond acceptors (Lipinski definition) is 7. The minimum absolute atomic E-state index is 0.0736. The number of nitrogens with one attached hydrogen (secondary N) is 1. The van der Waals surface area contributed by atoms with Gasteiger partial charge in [0.15, 0.2) is 6.61 Å². The Morgan fingerprint density at radius 1 is 1.04 bits per heavy atom. The van der Waals surface area contributed by atoms with Crippen molar-refractivity contribution < 1.29 is 33.4 Å². The van der Waals surface area contributed by atoms with Gasteiger partial charge in [0.05, 0.1) is 31.3 Å². The minimum atomic E-state index is -0.671. The zero-order chi connectivity index (χ0) is 18.6. The van der Waals surface area contributed by atoms with Gasteiger partial charge in [-0.25, -0.2) is 9.59 Å². The highest BCUT2D eigenvalue weighted by Gasteiger charge is 2.40. The van der Waals surface area contributed by atoms with Gasteiger partial charge in [-0.1, -0.05) is 6.92 Å². The van der Waals surface area contributed by atoms with Gasteiger partial charge in [0, 0.05) is 5.69 Å². The summed E-state index contributed by atoms with van der Waals surface area (Å²) in [5.74, 6) is -2.18. The summed E-state index contributed by atoms with van der Waals surface area (Å²) in [7, 11) is 2.40. The summed E-state index contributed by atoms with van der Waals surface area (Å²) in [6.45, 7) is 1.48. The molecule has 0 saturated heterocycles. The number of hydrogen-bond donors (Lipinski definition) is 1. The van der Waals surface area contributed by atoms with Crippen LogP contribution in [0.2, 0.25) is 0 Å². The van der Waals surface area contributed by atoms with E-state index in [-0.39, 0.29) is 28.7 Å². The monoisotopic (exact) mass is 349 g/mol. The molecule has 1 fully saturated rings. The molecule has 134 valence electrons. The molecule has 0 radical (unpaired) electrons. The van der Waals surface area contributed by atoms with Crippen LogP contribution in [0.15, 0.2) is 18.2 Å². The lowest BCUT2D eigenvalue weighted by Crippen LogP contribution is -2.22. The molecule has 25 heavy (non-hydrogen) atoms. The van der Waals surface area contributed by atoms with E-state index in [2.05, 4.69) is 14.8 Å². The number of carbonyl (C=O) groups is 4. The van der Waals surface area contributed by atoms with E-state index in [1.165, 1.54) is 32.4 Å². The Morgan fingerprint density at radius 2 is 1.56 bits per heavy atom. The number of anilines is 1. The SMILES string of the molecule is COC(=O)c1cc(NC(=O)COC(=O)[C@H]2C[C@H]2C)cc(C(=O)OC)c1. The molecule has 0 aromatic heterocycles. The van der Waals surface area contributed by atoms with E-state index < -0.39 is 30.4 Å². The second kappa shape index (κ2) is 7.78. The molecule has 8 heteroatoms. The second-order valence-corrected chi connectivity index (χ2v) is 5.76. The quantitative estimate of drug-likeness (QED) is 0.611. The van der Waals surface area contributed by atoms with E-state index >= 15 is 0 Å². The van der Waals surface area contributed by atoms with Gasteiger partial charge in [-0.3, -0.25) is 9.59 Å². The molecule has 0 bridgehead atoms. The molecule has 1 N–H and O–H groups in total. The minimum Gasteiger partial charge on any atom is -0.465 e. The van der Waals surface area contributed by atoms with Crippen molar-refractivity contribution in [2.45, 2.75) is 13.3 Å². The average molecular weight is 349 g/mol. The molecule has 0 spiro atoms. The molecule has 1 aromatic rings. The van der Waals surface area contributed by atoms with E-state index in [1.807, 2.05) is 6.92 Å². The van der Waals surface area contributed by atoms with Gasteiger partial charge in [-0.2, -0.15) is 0 Å². The van der Waals surface area contributed by atoms with Gasteiger partial charge in [0.25, 0.3) is 5.91 Å². The Hall–Kier alpha value is -2.90. The van der Waals surface area contributed by atoms with E-state index in [0.717, 1.165) is 6.42 Å². The van der Waals surface area contributed by atoms with Gasteiger partial charge >= 0.3 is 17.9 Å². The number of rotatable bonds is 6. The maximum Gasteiger partial charge on any atom is 0.337 e. The maximum absolute atomic E-state index is 11.9. The average Bonchev–Trinajstić information content (AvgIpc) is 3.34. The van der Waals surface area contributed by atoms with Gasteiger partial charge in [-0.05, 0) is 30.5 Å². The highest BCUT2D eigenvalue weighted by atomic mass is 16.5. The first-order valence-corrected chi connectivity index (χ1v) is 7.64. The molecule has 1 saturated carbocycles. The summed E-state index contributed by atoms with van der Waals surface area (Å²) in [4.78, 5) is 46.9. The molecular weight excluding hydrogens is 330 g/mol. The number of esters is 3. The Bertz CT molecular complexity index is 679. The highest BCUT2D eigenvalue weighted by molar-refractivity contribution is 6.00. The smallest absolute Gasteiger partial charge is 0.337 e. The lowest BCUT2D eigenvalue weighted by atomic mass is 10.1. The Kier molecular flexibility index (Phi) is 5.74. The predicted octanol–water partition coefficient (Wildman–Crippen LogP) is 1.40. The van der Waals surface area contributed by atoms with Crippen molar-refractivity contribution in [2.75, 3.05) is 26.1 Å². The first kappa shape index (κ1) is 18.4. The molecule has 0 heterocycles. The molecule has 2 atom stereocenters. The third-order valence-electron chi connectivity index (χ3n) is 3.82. The van der Waals surface area contributed by atoms with Crippen LogP contribution in [0.5, 0.6) is 0 Å². The molecular formula is C17H19NO7. The zero-order valence-corrected chi connectivity index (χ0v) is 14.2. The zero-order valence-electron chi connectivity index (χ0n) is 14.2. The number of methoxy groups -OCH3 is 2. The van der Waals surface area contributed by atoms with Crippen molar-refractivity contribution in [2.24, 2.45) is 11.8 Å². The molecule has 1 amide bonds. The van der Waals surface area contributed by atoms with Crippen LogP contribution in [0, 0.1) is 11.8 Å². The largest absolute Gasteiger partial charge is 0.465 e. The van der Waals surface area contributed by atoms with Crippen LogP contribution in [0.1, 0.15) is 34.1 Å². The van der Waals surface area contributed by atoms with Crippen LogP contribution < -0.4 is 5.32 Å².